The molecule has 0 aliphatic heterocycles. The van der Waals surface area contributed by atoms with Gasteiger partial charge in [-0.25, -0.2) is 0 Å². The zero-order chi connectivity index (χ0) is 11.4. The van der Waals surface area contributed by atoms with Crippen LogP contribution >= 0.6 is 0 Å². The number of rotatable bonds is 4. The molecule has 0 spiro atoms. The van der Waals surface area contributed by atoms with Crippen molar-refractivity contribution in [3.63, 3.8) is 0 Å². The van der Waals surface area contributed by atoms with Gasteiger partial charge in [0.15, 0.2) is 0 Å². The minimum absolute atomic E-state index is 0.203. The number of aliphatic hydroxyl groups excluding tert-OH is 1. The van der Waals surface area contributed by atoms with Crippen LogP contribution in [-0.4, -0.2) is 18.8 Å². The first-order valence-corrected chi connectivity index (χ1v) is 5.62. The van der Waals surface area contributed by atoms with E-state index in [1.807, 2.05) is 13.1 Å². The van der Waals surface area contributed by atoms with Crippen molar-refractivity contribution in [1.29, 1.82) is 0 Å². The van der Waals surface area contributed by atoms with E-state index in [-0.39, 0.29) is 12.6 Å². The fourth-order valence-corrected chi connectivity index (χ4v) is 2.14. The Morgan fingerprint density at radius 3 is 2.62 bits per heavy atom. The van der Waals surface area contributed by atoms with Gasteiger partial charge in [0.25, 0.3) is 0 Å². The number of hydrogen-bond acceptors (Lipinski definition) is 2. The van der Waals surface area contributed by atoms with E-state index in [4.69, 9.17) is 5.11 Å². The summed E-state index contributed by atoms with van der Waals surface area (Å²) in [5.74, 6) is 0. The molecule has 84 valence electrons. The van der Waals surface area contributed by atoms with Crippen molar-refractivity contribution in [3.8, 4) is 0 Å². The van der Waals surface area contributed by atoms with Crippen molar-refractivity contribution in [3.05, 3.63) is 48.0 Å². The molecule has 0 heterocycles. The molecule has 0 fully saturated rings. The molecular weight excluding hydrogens is 198 g/mol. The van der Waals surface area contributed by atoms with Crippen molar-refractivity contribution in [2.45, 2.75) is 12.5 Å². The summed E-state index contributed by atoms with van der Waals surface area (Å²) in [4.78, 5) is 0. The van der Waals surface area contributed by atoms with Crippen molar-refractivity contribution in [1.82, 2.24) is 5.32 Å². The number of aliphatic hydroxyl groups is 1. The molecule has 0 bridgehead atoms. The molecule has 0 amide bonds. The second kappa shape index (κ2) is 5.10. The van der Waals surface area contributed by atoms with Crippen LogP contribution < -0.4 is 5.32 Å². The Kier molecular flexibility index (Phi) is 3.54. The second-order valence-electron chi connectivity index (χ2n) is 3.92. The number of benzene rings is 2. The fraction of sp³-hybridized carbons (Fsp3) is 0.286. The van der Waals surface area contributed by atoms with Gasteiger partial charge in [-0.15, -0.1) is 0 Å². The van der Waals surface area contributed by atoms with Crippen LogP contribution in [0.1, 0.15) is 18.0 Å². The second-order valence-corrected chi connectivity index (χ2v) is 3.92. The maximum atomic E-state index is 9.06. The average Bonchev–Trinajstić information content (AvgIpc) is 2.35. The topological polar surface area (TPSA) is 32.3 Å². The molecule has 16 heavy (non-hydrogen) atoms. The minimum atomic E-state index is 0.203. The maximum Gasteiger partial charge on any atom is 0.0449 e. The molecular formula is C14H17NO. The lowest BCUT2D eigenvalue weighted by molar-refractivity contribution is 0.269. The standard InChI is InChI=1S/C14H17NO/c1-15-14(9-10-16)13-8-4-6-11-5-2-3-7-12(11)13/h2-8,14-16H,9-10H2,1H3. The van der Waals surface area contributed by atoms with Crippen LogP contribution in [-0.2, 0) is 0 Å². The van der Waals surface area contributed by atoms with Gasteiger partial charge < -0.3 is 10.4 Å². The van der Waals surface area contributed by atoms with Gasteiger partial charge >= 0.3 is 0 Å². The average molecular weight is 215 g/mol. The third kappa shape index (κ3) is 2.08. The van der Waals surface area contributed by atoms with Crippen LogP contribution in [0.25, 0.3) is 10.8 Å². The van der Waals surface area contributed by atoms with Crippen molar-refractivity contribution in [2.75, 3.05) is 13.7 Å². The molecule has 0 saturated heterocycles. The highest BCUT2D eigenvalue weighted by Gasteiger charge is 2.10. The zero-order valence-electron chi connectivity index (χ0n) is 9.48. The maximum absolute atomic E-state index is 9.06. The quantitative estimate of drug-likeness (QED) is 0.821. The van der Waals surface area contributed by atoms with E-state index in [2.05, 4.69) is 41.7 Å². The van der Waals surface area contributed by atoms with Gasteiger partial charge in [-0.2, -0.15) is 0 Å². The van der Waals surface area contributed by atoms with Gasteiger partial charge in [0.2, 0.25) is 0 Å². The summed E-state index contributed by atoms with van der Waals surface area (Å²) in [6.07, 6.45) is 0.741. The first-order chi connectivity index (χ1) is 7.86. The van der Waals surface area contributed by atoms with Crippen LogP contribution in [0.15, 0.2) is 42.5 Å². The monoisotopic (exact) mass is 215 g/mol. The molecule has 1 atom stereocenters. The Hall–Kier alpha value is -1.38. The van der Waals surface area contributed by atoms with E-state index < -0.39 is 0 Å². The van der Waals surface area contributed by atoms with E-state index in [0.717, 1.165) is 6.42 Å². The molecule has 2 aromatic rings. The summed E-state index contributed by atoms with van der Waals surface area (Å²) in [7, 11) is 1.93. The molecule has 2 nitrogen and oxygen atoms in total. The van der Waals surface area contributed by atoms with E-state index in [9.17, 15) is 0 Å². The van der Waals surface area contributed by atoms with Gasteiger partial charge in [-0.05, 0) is 29.8 Å². The van der Waals surface area contributed by atoms with E-state index in [1.54, 1.807) is 0 Å². The van der Waals surface area contributed by atoms with Crippen molar-refractivity contribution in [2.24, 2.45) is 0 Å². The number of nitrogens with one attached hydrogen (secondary N) is 1. The van der Waals surface area contributed by atoms with E-state index >= 15 is 0 Å². The fourth-order valence-electron chi connectivity index (χ4n) is 2.14. The summed E-state index contributed by atoms with van der Waals surface area (Å²) in [5.41, 5.74) is 1.26. The first-order valence-electron chi connectivity index (χ1n) is 5.62. The summed E-state index contributed by atoms with van der Waals surface area (Å²) < 4.78 is 0. The number of hydrogen-bond donors (Lipinski definition) is 2. The largest absolute Gasteiger partial charge is 0.396 e. The molecule has 0 aromatic heterocycles. The molecule has 2 N–H and O–H groups in total. The molecule has 0 aliphatic carbocycles. The Morgan fingerprint density at radius 1 is 1.12 bits per heavy atom. The normalized spacial score (nSPS) is 12.9. The Labute approximate surface area is 95.9 Å². The summed E-state index contributed by atoms with van der Waals surface area (Å²) >= 11 is 0. The lowest BCUT2D eigenvalue weighted by Gasteiger charge is -2.17. The van der Waals surface area contributed by atoms with E-state index in [0.29, 0.717) is 0 Å². The SMILES string of the molecule is CNC(CCO)c1cccc2ccccc12. The summed E-state index contributed by atoms with van der Waals surface area (Å²) in [6.45, 7) is 0.203. The third-order valence-corrected chi connectivity index (χ3v) is 2.97. The highest BCUT2D eigenvalue weighted by atomic mass is 16.3. The Morgan fingerprint density at radius 2 is 1.88 bits per heavy atom. The molecule has 0 radical (unpaired) electrons. The van der Waals surface area contributed by atoms with Gasteiger partial charge in [0.05, 0.1) is 0 Å². The third-order valence-electron chi connectivity index (χ3n) is 2.97. The summed E-state index contributed by atoms with van der Waals surface area (Å²) in [6, 6.07) is 14.9. The molecule has 0 saturated carbocycles. The van der Waals surface area contributed by atoms with Crippen molar-refractivity contribution >= 4 is 10.8 Å². The van der Waals surface area contributed by atoms with Crippen LogP contribution in [0.5, 0.6) is 0 Å². The number of fused-ring (bicyclic) bond motifs is 1. The lowest BCUT2D eigenvalue weighted by atomic mass is 9.97. The molecule has 0 aliphatic rings. The Bertz CT molecular complexity index is 462. The van der Waals surface area contributed by atoms with Crippen LogP contribution in [0, 0.1) is 0 Å². The van der Waals surface area contributed by atoms with Crippen LogP contribution in [0.3, 0.4) is 0 Å². The first kappa shape index (κ1) is 11.1. The zero-order valence-corrected chi connectivity index (χ0v) is 9.48. The molecule has 2 rings (SSSR count). The van der Waals surface area contributed by atoms with Gasteiger partial charge in [0.1, 0.15) is 0 Å². The lowest BCUT2D eigenvalue weighted by Crippen LogP contribution is -2.17. The molecule has 2 heteroatoms. The Balaban J connectivity index is 2.50. The van der Waals surface area contributed by atoms with Gasteiger partial charge in [0, 0.05) is 12.6 Å². The van der Waals surface area contributed by atoms with Gasteiger partial charge in [-0.1, -0.05) is 42.5 Å². The van der Waals surface area contributed by atoms with E-state index in [1.165, 1.54) is 16.3 Å². The highest BCUT2D eigenvalue weighted by Crippen LogP contribution is 2.25. The molecule has 2 aromatic carbocycles. The highest BCUT2D eigenvalue weighted by molar-refractivity contribution is 5.86. The molecule has 1 unspecified atom stereocenters. The minimum Gasteiger partial charge on any atom is -0.396 e. The van der Waals surface area contributed by atoms with Gasteiger partial charge in [-0.3, -0.25) is 0 Å². The van der Waals surface area contributed by atoms with Crippen LogP contribution in [0.2, 0.25) is 0 Å². The predicted octanol–water partition coefficient (Wildman–Crippen LogP) is 2.48. The van der Waals surface area contributed by atoms with Crippen LogP contribution in [0.4, 0.5) is 0 Å². The van der Waals surface area contributed by atoms with Crippen molar-refractivity contribution < 1.29 is 5.11 Å². The predicted molar refractivity (Wildman–Crippen MR) is 67.5 cm³/mol. The summed E-state index contributed by atoms with van der Waals surface area (Å²) in [5, 5.41) is 14.8. The smallest absolute Gasteiger partial charge is 0.0449 e.